The summed E-state index contributed by atoms with van der Waals surface area (Å²) in [7, 11) is 0. The summed E-state index contributed by atoms with van der Waals surface area (Å²) in [5.41, 5.74) is 0.233. The Morgan fingerprint density at radius 3 is 2.79 bits per heavy atom. The Hall–Kier alpha value is -1.91. The van der Waals surface area contributed by atoms with E-state index in [-0.39, 0.29) is 11.4 Å². The first-order chi connectivity index (χ1) is 6.69. The molecule has 0 N–H and O–H groups in total. The molecule has 0 unspecified atom stereocenters. The molecule has 1 aromatic rings. The Morgan fingerprint density at radius 2 is 2.29 bits per heavy atom. The van der Waals surface area contributed by atoms with Crippen molar-refractivity contribution in [1.29, 1.82) is 0 Å². The lowest BCUT2D eigenvalue weighted by Crippen LogP contribution is -1.97. The van der Waals surface area contributed by atoms with Crippen LogP contribution in [-0.4, -0.2) is 17.8 Å². The molecule has 0 aromatic heterocycles. The van der Waals surface area contributed by atoms with Gasteiger partial charge in [-0.3, -0.25) is 14.9 Å². The number of ether oxygens (including phenoxy) is 1. The SMILES string of the molecule is CCOc1cc([N+](=O)[O-])ccc1C=O. The summed E-state index contributed by atoms with van der Waals surface area (Å²) in [6.45, 7) is 2.11. The highest BCUT2D eigenvalue weighted by molar-refractivity contribution is 5.80. The van der Waals surface area contributed by atoms with E-state index in [1.807, 2.05) is 0 Å². The van der Waals surface area contributed by atoms with Gasteiger partial charge < -0.3 is 4.74 Å². The zero-order valence-corrected chi connectivity index (χ0v) is 7.60. The average molecular weight is 195 g/mol. The number of benzene rings is 1. The van der Waals surface area contributed by atoms with Gasteiger partial charge in [0.15, 0.2) is 6.29 Å². The van der Waals surface area contributed by atoms with Crippen molar-refractivity contribution in [2.45, 2.75) is 6.92 Å². The topological polar surface area (TPSA) is 69.4 Å². The Kier molecular flexibility index (Phi) is 3.17. The lowest BCUT2D eigenvalue weighted by molar-refractivity contribution is -0.384. The summed E-state index contributed by atoms with van der Waals surface area (Å²) >= 11 is 0. The van der Waals surface area contributed by atoms with Crippen molar-refractivity contribution in [2.24, 2.45) is 0 Å². The van der Waals surface area contributed by atoms with Crippen molar-refractivity contribution in [3.05, 3.63) is 33.9 Å². The summed E-state index contributed by atoms with van der Waals surface area (Å²) in [5, 5.41) is 10.4. The first kappa shape index (κ1) is 10.2. The molecule has 0 fully saturated rings. The van der Waals surface area contributed by atoms with Crippen molar-refractivity contribution in [2.75, 3.05) is 6.61 Å². The van der Waals surface area contributed by atoms with Gasteiger partial charge in [0.1, 0.15) is 5.75 Å². The molecule has 74 valence electrons. The summed E-state index contributed by atoms with van der Waals surface area (Å²) < 4.78 is 5.08. The molecule has 0 aliphatic carbocycles. The quantitative estimate of drug-likeness (QED) is 0.417. The molecular weight excluding hydrogens is 186 g/mol. The molecule has 5 nitrogen and oxygen atoms in total. The maximum absolute atomic E-state index is 10.5. The molecule has 0 saturated heterocycles. The van der Waals surface area contributed by atoms with E-state index >= 15 is 0 Å². The molecule has 0 aliphatic rings. The molecule has 0 atom stereocenters. The Morgan fingerprint density at radius 1 is 1.57 bits per heavy atom. The predicted molar refractivity (Wildman–Crippen MR) is 49.7 cm³/mol. The van der Waals surface area contributed by atoms with E-state index in [1.54, 1.807) is 6.92 Å². The van der Waals surface area contributed by atoms with Crippen molar-refractivity contribution in [3.8, 4) is 5.75 Å². The fourth-order valence-electron chi connectivity index (χ4n) is 1.01. The number of hydrogen-bond acceptors (Lipinski definition) is 4. The molecule has 0 spiro atoms. The Balaban J connectivity index is 3.13. The van der Waals surface area contributed by atoms with E-state index in [0.717, 1.165) is 0 Å². The van der Waals surface area contributed by atoms with Gasteiger partial charge in [-0.1, -0.05) is 0 Å². The predicted octanol–water partition coefficient (Wildman–Crippen LogP) is 1.81. The normalized spacial score (nSPS) is 9.50. The highest BCUT2D eigenvalue weighted by Crippen LogP contribution is 2.23. The van der Waals surface area contributed by atoms with Crippen LogP contribution in [0, 0.1) is 10.1 Å². The standard InChI is InChI=1S/C9H9NO4/c1-2-14-9-5-8(10(12)13)4-3-7(9)6-11/h3-6H,2H2,1H3. The van der Waals surface area contributed by atoms with E-state index < -0.39 is 4.92 Å². The molecule has 0 amide bonds. The van der Waals surface area contributed by atoms with Gasteiger partial charge in [-0.15, -0.1) is 0 Å². The maximum Gasteiger partial charge on any atom is 0.273 e. The largest absolute Gasteiger partial charge is 0.493 e. The van der Waals surface area contributed by atoms with Gasteiger partial charge in [0.2, 0.25) is 0 Å². The van der Waals surface area contributed by atoms with Crippen LogP contribution in [0.3, 0.4) is 0 Å². The van der Waals surface area contributed by atoms with Crippen LogP contribution in [0.1, 0.15) is 17.3 Å². The number of nitro groups is 1. The van der Waals surface area contributed by atoms with Crippen LogP contribution in [0.15, 0.2) is 18.2 Å². The number of rotatable bonds is 4. The number of non-ortho nitro benzene ring substituents is 1. The fraction of sp³-hybridized carbons (Fsp3) is 0.222. The van der Waals surface area contributed by atoms with Gasteiger partial charge in [0.05, 0.1) is 23.2 Å². The van der Waals surface area contributed by atoms with Gasteiger partial charge in [0.25, 0.3) is 5.69 Å². The highest BCUT2D eigenvalue weighted by Gasteiger charge is 2.10. The second-order valence-electron chi connectivity index (χ2n) is 2.53. The van der Waals surface area contributed by atoms with Gasteiger partial charge >= 0.3 is 0 Å². The fourth-order valence-corrected chi connectivity index (χ4v) is 1.01. The molecule has 14 heavy (non-hydrogen) atoms. The number of carbonyl (C=O) groups excluding carboxylic acids is 1. The molecule has 5 heteroatoms. The monoisotopic (exact) mass is 195 g/mol. The second-order valence-corrected chi connectivity index (χ2v) is 2.53. The van der Waals surface area contributed by atoms with Gasteiger partial charge in [-0.25, -0.2) is 0 Å². The number of aldehydes is 1. The number of carbonyl (C=O) groups is 1. The van der Waals surface area contributed by atoms with Crippen LogP contribution >= 0.6 is 0 Å². The van der Waals surface area contributed by atoms with Crippen LogP contribution in [-0.2, 0) is 0 Å². The van der Waals surface area contributed by atoms with Crippen LogP contribution < -0.4 is 4.74 Å². The van der Waals surface area contributed by atoms with Crippen molar-refractivity contribution >= 4 is 12.0 Å². The van der Waals surface area contributed by atoms with Gasteiger partial charge in [-0.05, 0) is 13.0 Å². The van der Waals surface area contributed by atoms with E-state index in [1.165, 1.54) is 18.2 Å². The van der Waals surface area contributed by atoms with Crippen molar-refractivity contribution < 1.29 is 14.5 Å². The highest BCUT2D eigenvalue weighted by atomic mass is 16.6. The van der Waals surface area contributed by atoms with Crippen LogP contribution in [0.2, 0.25) is 0 Å². The van der Waals surface area contributed by atoms with Crippen LogP contribution in [0.5, 0.6) is 5.75 Å². The summed E-state index contributed by atoms with van der Waals surface area (Å²) in [4.78, 5) is 20.4. The second kappa shape index (κ2) is 4.36. The van der Waals surface area contributed by atoms with E-state index in [9.17, 15) is 14.9 Å². The van der Waals surface area contributed by atoms with Gasteiger partial charge in [-0.2, -0.15) is 0 Å². The number of nitrogens with zero attached hydrogens (tertiary/aromatic N) is 1. The summed E-state index contributed by atoms with van der Waals surface area (Å²) in [5.74, 6) is 0.247. The minimum atomic E-state index is -0.531. The smallest absolute Gasteiger partial charge is 0.273 e. The third-order valence-electron chi connectivity index (χ3n) is 1.63. The zero-order chi connectivity index (χ0) is 10.6. The molecule has 0 saturated carbocycles. The maximum atomic E-state index is 10.5. The molecule has 0 bridgehead atoms. The Bertz CT molecular complexity index is 362. The lowest BCUT2D eigenvalue weighted by atomic mass is 10.2. The lowest BCUT2D eigenvalue weighted by Gasteiger charge is -2.04. The molecular formula is C9H9NO4. The number of nitro benzene ring substituents is 1. The van der Waals surface area contributed by atoms with Crippen molar-refractivity contribution in [3.63, 3.8) is 0 Å². The summed E-state index contributed by atoms with van der Waals surface area (Å²) in [6, 6.07) is 3.88. The molecule has 0 radical (unpaired) electrons. The third-order valence-corrected chi connectivity index (χ3v) is 1.63. The molecule has 0 aliphatic heterocycles. The molecule has 0 heterocycles. The van der Waals surface area contributed by atoms with Crippen LogP contribution in [0.25, 0.3) is 0 Å². The number of hydrogen-bond donors (Lipinski definition) is 0. The average Bonchev–Trinajstić information content (AvgIpc) is 2.18. The first-order valence-electron chi connectivity index (χ1n) is 4.05. The van der Waals surface area contributed by atoms with E-state index in [0.29, 0.717) is 18.5 Å². The molecule has 1 rings (SSSR count). The van der Waals surface area contributed by atoms with Crippen LogP contribution in [0.4, 0.5) is 5.69 Å². The first-order valence-corrected chi connectivity index (χ1v) is 4.05. The third kappa shape index (κ3) is 2.07. The van der Waals surface area contributed by atoms with Crippen molar-refractivity contribution in [1.82, 2.24) is 0 Å². The minimum absolute atomic E-state index is 0.0842. The van der Waals surface area contributed by atoms with E-state index in [2.05, 4.69) is 0 Å². The van der Waals surface area contributed by atoms with Gasteiger partial charge in [0, 0.05) is 6.07 Å². The zero-order valence-electron chi connectivity index (χ0n) is 7.60. The minimum Gasteiger partial charge on any atom is -0.493 e. The summed E-state index contributed by atoms with van der Waals surface area (Å²) in [6.07, 6.45) is 0.606. The molecule has 1 aromatic carbocycles. The van der Waals surface area contributed by atoms with E-state index in [4.69, 9.17) is 4.74 Å². The Labute approximate surface area is 80.5 Å².